The first-order chi connectivity index (χ1) is 28.3. The molecule has 58 heavy (non-hydrogen) atoms. The third-order valence-corrected chi connectivity index (χ3v) is 11.6. The van der Waals surface area contributed by atoms with Gasteiger partial charge in [0.1, 0.15) is 6.61 Å². The number of carbonyl (C=O) groups is 2. The van der Waals surface area contributed by atoms with Gasteiger partial charge < -0.3 is 19.7 Å². The SMILES string of the molecule is CCCCC/C=C\C/C=C\CCCCCCCCCCCC(=O)OCC(COP(=O)(O)OCCNC)OC(=O)CCCCCCCCCCCCCCCCCCC. The first-order valence-electron chi connectivity index (χ1n) is 24.3. The molecule has 0 fully saturated rings. The third-order valence-electron chi connectivity index (χ3n) is 10.6. The molecule has 0 saturated carbocycles. The minimum absolute atomic E-state index is 0.0153. The van der Waals surface area contributed by atoms with E-state index in [9.17, 15) is 19.0 Å². The van der Waals surface area contributed by atoms with Crippen molar-refractivity contribution >= 4 is 19.8 Å². The zero-order valence-corrected chi connectivity index (χ0v) is 38.9. The average molecular weight is 842 g/mol. The lowest BCUT2D eigenvalue weighted by Gasteiger charge is -2.20. The van der Waals surface area contributed by atoms with Crippen molar-refractivity contribution in [3.8, 4) is 0 Å². The van der Waals surface area contributed by atoms with Gasteiger partial charge >= 0.3 is 19.8 Å². The number of rotatable bonds is 46. The summed E-state index contributed by atoms with van der Waals surface area (Å²) in [6, 6.07) is 0. The standard InChI is InChI=1S/C48H92NO8P/c1-4-6-8-10-12-14-16-18-20-22-23-25-26-28-30-32-34-36-38-40-47(50)54-44-46(45-56-58(52,53)55-43-42-49-3)57-48(51)41-39-37-35-33-31-29-27-24-21-19-17-15-13-11-9-7-5-2/h12,14,18,20,46,49H,4-11,13,15-17,19,21-45H2,1-3H3,(H,52,53)/b14-12-,20-18-. The minimum atomic E-state index is -4.35. The lowest BCUT2D eigenvalue weighted by atomic mass is 10.0. The fourth-order valence-corrected chi connectivity index (χ4v) is 7.63. The molecule has 0 aromatic heterocycles. The molecule has 10 heteroatoms. The largest absolute Gasteiger partial charge is 0.472 e. The van der Waals surface area contributed by atoms with Gasteiger partial charge in [0.2, 0.25) is 0 Å². The van der Waals surface area contributed by atoms with E-state index in [1.165, 1.54) is 161 Å². The zero-order valence-electron chi connectivity index (χ0n) is 38.0. The Morgan fingerprint density at radius 2 is 0.931 bits per heavy atom. The van der Waals surface area contributed by atoms with E-state index < -0.39 is 26.5 Å². The molecule has 0 aromatic rings. The molecule has 0 aliphatic heterocycles. The number of esters is 2. The van der Waals surface area contributed by atoms with E-state index in [2.05, 4.69) is 43.5 Å². The van der Waals surface area contributed by atoms with Crippen LogP contribution in [0.2, 0.25) is 0 Å². The summed E-state index contributed by atoms with van der Waals surface area (Å²) in [5.41, 5.74) is 0. The van der Waals surface area contributed by atoms with E-state index in [0.29, 0.717) is 13.0 Å². The predicted molar refractivity (Wildman–Crippen MR) is 243 cm³/mol. The summed E-state index contributed by atoms with van der Waals surface area (Å²) in [6.45, 7) is 4.24. The Bertz CT molecular complexity index is 1010. The van der Waals surface area contributed by atoms with Gasteiger partial charge in [-0.3, -0.25) is 18.6 Å². The number of carbonyl (C=O) groups excluding carboxylic acids is 2. The first-order valence-corrected chi connectivity index (χ1v) is 25.8. The summed E-state index contributed by atoms with van der Waals surface area (Å²) < 4.78 is 33.3. The fraction of sp³-hybridized carbons (Fsp3) is 0.875. The minimum Gasteiger partial charge on any atom is -0.462 e. The van der Waals surface area contributed by atoms with Crippen molar-refractivity contribution in [2.24, 2.45) is 0 Å². The van der Waals surface area contributed by atoms with Crippen LogP contribution >= 0.6 is 7.82 Å². The zero-order chi connectivity index (χ0) is 42.5. The second-order valence-corrected chi connectivity index (χ2v) is 17.8. The van der Waals surface area contributed by atoms with Crippen LogP contribution in [0.25, 0.3) is 0 Å². The number of ether oxygens (including phenoxy) is 2. The maximum Gasteiger partial charge on any atom is 0.472 e. The van der Waals surface area contributed by atoms with Gasteiger partial charge in [-0.25, -0.2) is 4.57 Å². The van der Waals surface area contributed by atoms with Crippen molar-refractivity contribution in [1.29, 1.82) is 0 Å². The Morgan fingerprint density at radius 3 is 1.40 bits per heavy atom. The van der Waals surface area contributed by atoms with Crippen LogP contribution in [0.15, 0.2) is 24.3 Å². The Labute approximate surface area is 357 Å². The third kappa shape index (κ3) is 44.1. The maximum atomic E-state index is 12.7. The van der Waals surface area contributed by atoms with E-state index in [1.54, 1.807) is 7.05 Å². The van der Waals surface area contributed by atoms with Gasteiger partial charge in [0.15, 0.2) is 6.10 Å². The van der Waals surface area contributed by atoms with Crippen molar-refractivity contribution in [1.82, 2.24) is 5.32 Å². The summed E-state index contributed by atoms with van der Waals surface area (Å²) in [5, 5.41) is 2.83. The molecule has 0 heterocycles. The highest BCUT2D eigenvalue weighted by Crippen LogP contribution is 2.43. The van der Waals surface area contributed by atoms with Gasteiger partial charge in [-0.15, -0.1) is 0 Å². The number of nitrogens with one attached hydrogen (secondary N) is 1. The molecule has 9 nitrogen and oxygen atoms in total. The summed E-state index contributed by atoms with van der Waals surface area (Å²) >= 11 is 0. The average Bonchev–Trinajstić information content (AvgIpc) is 3.21. The van der Waals surface area contributed by atoms with E-state index in [1.807, 2.05) is 0 Å². The molecule has 0 aliphatic carbocycles. The summed E-state index contributed by atoms with van der Waals surface area (Å²) in [4.78, 5) is 35.2. The summed E-state index contributed by atoms with van der Waals surface area (Å²) in [6.07, 6.45) is 47.9. The van der Waals surface area contributed by atoms with Crippen LogP contribution in [0.4, 0.5) is 0 Å². The van der Waals surface area contributed by atoms with E-state index in [0.717, 1.165) is 38.5 Å². The van der Waals surface area contributed by atoms with Crippen LogP contribution in [0, 0.1) is 0 Å². The van der Waals surface area contributed by atoms with Gasteiger partial charge in [-0.1, -0.05) is 199 Å². The molecule has 0 saturated heterocycles. The van der Waals surface area contributed by atoms with Crippen molar-refractivity contribution in [2.75, 3.05) is 33.4 Å². The van der Waals surface area contributed by atoms with Crippen LogP contribution in [0.1, 0.15) is 232 Å². The molecular formula is C48H92NO8P. The summed E-state index contributed by atoms with van der Waals surface area (Å²) in [7, 11) is -2.65. The molecule has 342 valence electrons. The molecule has 0 aliphatic rings. The van der Waals surface area contributed by atoms with Gasteiger partial charge in [-0.05, 0) is 52.0 Å². The first kappa shape index (κ1) is 56.5. The van der Waals surface area contributed by atoms with Gasteiger partial charge in [0.05, 0.1) is 13.2 Å². The monoisotopic (exact) mass is 842 g/mol. The number of allylic oxidation sites excluding steroid dienone is 4. The lowest BCUT2D eigenvalue weighted by Crippen LogP contribution is -2.29. The van der Waals surface area contributed by atoms with Crippen molar-refractivity contribution in [3.63, 3.8) is 0 Å². The van der Waals surface area contributed by atoms with Crippen molar-refractivity contribution in [3.05, 3.63) is 24.3 Å². The molecular weight excluding hydrogens is 750 g/mol. The van der Waals surface area contributed by atoms with Crippen LogP contribution in [-0.4, -0.2) is 56.3 Å². The normalized spacial score (nSPS) is 13.4. The molecule has 0 amide bonds. The van der Waals surface area contributed by atoms with Gasteiger partial charge in [0, 0.05) is 19.4 Å². The molecule has 2 N–H and O–H groups in total. The van der Waals surface area contributed by atoms with Crippen LogP contribution in [0.5, 0.6) is 0 Å². The topological polar surface area (TPSA) is 120 Å². The second kappa shape index (κ2) is 45.0. The highest BCUT2D eigenvalue weighted by atomic mass is 31.2. The maximum absolute atomic E-state index is 12.7. The lowest BCUT2D eigenvalue weighted by molar-refractivity contribution is -0.161. The van der Waals surface area contributed by atoms with Crippen molar-refractivity contribution in [2.45, 2.75) is 238 Å². The molecule has 0 radical (unpaired) electrons. The molecule has 0 bridgehead atoms. The number of phosphoric acid groups is 1. The van der Waals surface area contributed by atoms with Crippen LogP contribution < -0.4 is 5.32 Å². The number of hydrogen-bond acceptors (Lipinski definition) is 8. The van der Waals surface area contributed by atoms with Gasteiger partial charge in [0.25, 0.3) is 0 Å². The van der Waals surface area contributed by atoms with Crippen LogP contribution in [-0.2, 0) is 32.7 Å². The molecule has 2 atom stereocenters. The number of likely N-dealkylation sites (N-methyl/N-ethyl adjacent to an activating group) is 1. The highest BCUT2D eigenvalue weighted by molar-refractivity contribution is 7.47. The Morgan fingerprint density at radius 1 is 0.534 bits per heavy atom. The van der Waals surface area contributed by atoms with E-state index in [4.69, 9.17) is 18.5 Å². The summed E-state index contributed by atoms with van der Waals surface area (Å²) in [5.74, 6) is -0.800. The molecule has 0 spiro atoms. The quantitative estimate of drug-likeness (QED) is 0.0267. The highest BCUT2D eigenvalue weighted by Gasteiger charge is 2.26. The van der Waals surface area contributed by atoms with E-state index in [-0.39, 0.29) is 32.0 Å². The number of hydrogen-bond donors (Lipinski definition) is 2. The Kier molecular flexibility index (Phi) is 43.9. The second-order valence-electron chi connectivity index (χ2n) is 16.3. The van der Waals surface area contributed by atoms with Crippen molar-refractivity contribution < 1.29 is 37.6 Å². The molecule has 0 rings (SSSR count). The van der Waals surface area contributed by atoms with E-state index >= 15 is 0 Å². The smallest absolute Gasteiger partial charge is 0.462 e. The number of phosphoric ester groups is 1. The Hall–Kier alpha value is -1.51. The Balaban J connectivity index is 4.13. The van der Waals surface area contributed by atoms with Gasteiger partial charge in [-0.2, -0.15) is 0 Å². The molecule has 0 aromatic carbocycles. The number of unbranched alkanes of at least 4 members (excludes halogenated alkanes) is 28. The molecule has 2 unspecified atom stereocenters. The van der Waals surface area contributed by atoms with Crippen LogP contribution in [0.3, 0.4) is 0 Å². The fourth-order valence-electron chi connectivity index (χ4n) is 6.88. The predicted octanol–water partition coefficient (Wildman–Crippen LogP) is 14.2.